The van der Waals surface area contributed by atoms with Crippen molar-refractivity contribution in [2.75, 3.05) is 12.4 Å². The molecule has 2 unspecified atom stereocenters. The van der Waals surface area contributed by atoms with Crippen LogP contribution in [-0.4, -0.2) is 25.8 Å². The van der Waals surface area contributed by atoms with Crippen LogP contribution < -0.4 is 0 Å². The number of alkyl halides is 2. The highest BCUT2D eigenvalue weighted by molar-refractivity contribution is 7.85. The maximum Gasteiger partial charge on any atom is 0.485 e. The van der Waals surface area contributed by atoms with Crippen molar-refractivity contribution in [1.82, 2.24) is 0 Å². The molecule has 0 aromatic heterocycles. The number of phosphoric acid groups is 1. The van der Waals surface area contributed by atoms with E-state index >= 15 is 0 Å². The lowest BCUT2D eigenvalue weighted by atomic mass is 10.4. The summed E-state index contributed by atoms with van der Waals surface area (Å²) in [6.07, 6.45) is 0.890. The van der Waals surface area contributed by atoms with E-state index in [1.807, 2.05) is 0 Å². The predicted octanol–water partition coefficient (Wildman–Crippen LogP) is 2.78. The maximum absolute atomic E-state index is 11.3. The van der Waals surface area contributed by atoms with Crippen LogP contribution in [0.5, 0.6) is 0 Å². The van der Waals surface area contributed by atoms with Gasteiger partial charge >= 0.3 is 7.82 Å². The molecule has 0 aliphatic heterocycles. The van der Waals surface area contributed by atoms with Crippen LogP contribution in [0.15, 0.2) is 0 Å². The summed E-state index contributed by atoms with van der Waals surface area (Å²) < 4.78 is 30.1. The summed E-state index contributed by atoms with van der Waals surface area (Å²) in [6, 6.07) is 0. The molecule has 0 saturated carbocycles. The van der Waals surface area contributed by atoms with E-state index in [1.54, 1.807) is 13.8 Å². The first-order valence-electron chi connectivity index (χ1n) is 4.66. The lowest BCUT2D eigenvalue weighted by Crippen LogP contribution is -2.21. The number of rotatable bonds is 8. The lowest BCUT2D eigenvalue weighted by molar-refractivity contribution is 0.209. The predicted molar refractivity (Wildman–Crippen MR) is 64.9 cm³/mol. The summed E-state index contributed by atoms with van der Waals surface area (Å²) in [5, 5.41) is 0. The van der Waals surface area contributed by atoms with Gasteiger partial charge in [0.1, 0.15) is 4.33 Å². The van der Waals surface area contributed by atoms with Crippen LogP contribution in [0.2, 0.25) is 0 Å². The van der Waals surface area contributed by atoms with E-state index < -0.39 is 23.2 Å². The zero-order valence-corrected chi connectivity index (χ0v) is 12.2. The summed E-state index contributed by atoms with van der Waals surface area (Å²) in [5.74, 6) is -0.257. The topological polar surface area (TPSA) is 72.8 Å². The largest absolute Gasteiger partial charge is 0.485 e. The molecule has 2 atom stereocenters. The fraction of sp³-hybridized carbons (Fsp3) is 1.00. The molecule has 1 N–H and O–H groups in total. The van der Waals surface area contributed by atoms with Crippen molar-refractivity contribution in [3.8, 4) is 0 Å². The molecular weight excluding hydrogens is 298 g/mol. The molecule has 0 aromatic rings. The Balaban J connectivity index is 4.19. The van der Waals surface area contributed by atoms with Crippen molar-refractivity contribution < 1.29 is 22.2 Å². The Morgan fingerprint density at radius 2 is 2.00 bits per heavy atom. The average molecular weight is 313 g/mol. The van der Waals surface area contributed by atoms with Gasteiger partial charge in [-0.3, -0.25) is 4.52 Å². The van der Waals surface area contributed by atoms with Crippen LogP contribution in [0.3, 0.4) is 0 Å². The van der Waals surface area contributed by atoms with E-state index in [9.17, 15) is 8.77 Å². The fourth-order valence-corrected chi connectivity index (χ4v) is 3.35. The Bertz CT molecular complexity index is 286. The fourth-order valence-electron chi connectivity index (χ4n) is 0.634. The van der Waals surface area contributed by atoms with Gasteiger partial charge in [-0.05, 0) is 12.8 Å². The van der Waals surface area contributed by atoms with Gasteiger partial charge in [-0.1, -0.05) is 13.8 Å². The average Bonchev–Trinajstić information content (AvgIpc) is 2.13. The first-order valence-corrected chi connectivity index (χ1v) is 8.15. The zero-order chi connectivity index (χ0) is 12.8. The zero-order valence-electron chi connectivity index (χ0n) is 9.02. The second-order valence-electron chi connectivity index (χ2n) is 3.03. The van der Waals surface area contributed by atoms with Crippen LogP contribution in [0, 0.1) is 0 Å². The van der Waals surface area contributed by atoms with Crippen LogP contribution in [0.25, 0.3) is 0 Å². The molecule has 0 saturated heterocycles. The van der Waals surface area contributed by atoms with Crippen molar-refractivity contribution in [3.63, 3.8) is 0 Å². The van der Waals surface area contributed by atoms with Crippen LogP contribution in [-0.2, 0) is 24.1 Å². The highest BCUT2D eigenvalue weighted by Gasteiger charge is 2.31. The van der Waals surface area contributed by atoms with Crippen LogP contribution in [0.4, 0.5) is 0 Å². The van der Waals surface area contributed by atoms with Gasteiger partial charge in [0, 0.05) is 0 Å². The molecule has 0 aliphatic rings. The first kappa shape index (κ1) is 16.8. The third-order valence-electron chi connectivity index (χ3n) is 1.48. The molecular formula is C7H15Cl2O5PS. The van der Waals surface area contributed by atoms with Gasteiger partial charge in [-0.15, -0.1) is 23.2 Å². The molecule has 0 radical (unpaired) electrons. The van der Waals surface area contributed by atoms with Gasteiger partial charge in [0.15, 0.2) is 11.1 Å². The third-order valence-corrected chi connectivity index (χ3v) is 5.26. The quantitative estimate of drug-likeness (QED) is 0.551. The molecule has 9 heteroatoms. The third kappa shape index (κ3) is 8.01. The highest BCUT2D eigenvalue weighted by Crippen LogP contribution is 2.45. The number of phosphoric ester groups is 1. The summed E-state index contributed by atoms with van der Waals surface area (Å²) in [7, 11) is -4.28. The SMILES string of the molecule is CCCOP(=O)(O)OS(=O)CC(Cl)(Cl)CC. The number of hydrogen-bond donors (Lipinski definition) is 1. The van der Waals surface area contributed by atoms with Crippen LogP contribution >= 0.6 is 31.0 Å². The summed E-state index contributed by atoms with van der Waals surface area (Å²) >= 11 is 9.39. The normalized spacial score (nSPS) is 18.1. The highest BCUT2D eigenvalue weighted by atomic mass is 35.5. The van der Waals surface area contributed by atoms with Crippen molar-refractivity contribution in [1.29, 1.82) is 0 Å². The van der Waals surface area contributed by atoms with Gasteiger partial charge in [0.05, 0.1) is 12.4 Å². The standard InChI is InChI=1S/C7H15Cl2O5PS/c1-3-5-13-15(10,11)14-16(12)6-7(8,9)4-2/h3-6H2,1-2H3,(H,10,11). The van der Waals surface area contributed by atoms with Gasteiger partial charge in [0.25, 0.3) is 0 Å². The first-order chi connectivity index (χ1) is 7.22. The van der Waals surface area contributed by atoms with Gasteiger partial charge in [0.2, 0.25) is 0 Å². The van der Waals surface area contributed by atoms with Gasteiger partial charge in [-0.2, -0.15) is 3.97 Å². The Hall–Kier alpha value is 0.840. The molecule has 0 heterocycles. The summed E-state index contributed by atoms with van der Waals surface area (Å²) in [4.78, 5) is 9.12. The van der Waals surface area contributed by atoms with Crippen molar-refractivity contribution in [2.45, 2.75) is 31.0 Å². The molecule has 0 bridgehead atoms. The van der Waals surface area contributed by atoms with E-state index in [0.29, 0.717) is 12.8 Å². The molecule has 0 spiro atoms. The van der Waals surface area contributed by atoms with E-state index in [-0.39, 0.29) is 12.4 Å². The Morgan fingerprint density at radius 1 is 1.44 bits per heavy atom. The minimum absolute atomic E-state index is 0.0473. The molecule has 0 aliphatic carbocycles. The van der Waals surface area contributed by atoms with E-state index in [2.05, 4.69) is 8.49 Å². The molecule has 0 rings (SSSR count). The molecule has 0 aromatic carbocycles. The van der Waals surface area contributed by atoms with Gasteiger partial charge < -0.3 is 4.89 Å². The molecule has 5 nitrogen and oxygen atoms in total. The molecule has 0 amide bonds. The maximum atomic E-state index is 11.3. The van der Waals surface area contributed by atoms with E-state index in [1.165, 1.54) is 0 Å². The van der Waals surface area contributed by atoms with E-state index in [4.69, 9.17) is 28.1 Å². The monoisotopic (exact) mass is 312 g/mol. The van der Waals surface area contributed by atoms with Gasteiger partial charge in [-0.25, -0.2) is 8.77 Å². The molecule has 0 fully saturated rings. The lowest BCUT2D eigenvalue weighted by Gasteiger charge is -2.17. The van der Waals surface area contributed by atoms with Crippen molar-refractivity contribution in [3.05, 3.63) is 0 Å². The van der Waals surface area contributed by atoms with Crippen LogP contribution in [0.1, 0.15) is 26.7 Å². The second-order valence-corrected chi connectivity index (χ2v) is 7.36. The second kappa shape index (κ2) is 7.31. The summed E-state index contributed by atoms with van der Waals surface area (Å²) in [6.45, 7) is 3.51. The van der Waals surface area contributed by atoms with Crippen molar-refractivity contribution in [2.24, 2.45) is 0 Å². The Kier molecular flexibility index (Phi) is 7.70. The molecule has 16 heavy (non-hydrogen) atoms. The number of hydrogen-bond acceptors (Lipinski definition) is 4. The molecule has 98 valence electrons. The Labute approximate surface area is 108 Å². The Morgan fingerprint density at radius 3 is 2.44 bits per heavy atom. The smallest absolute Gasteiger partial charge is 0.302 e. The minimum atomic E-state index is -4.28. The summed E-state index contributed by atoms with van der Waals surface area (Å²) in [5.41, 5.74) is 0. The minimum Gasteiger partial charge on any atom is -0.302 e. The number of halogens is 2. The van der Waals surface area contributed by atoms with Crippen molar-refractivity contribution >= 4 is 42.1 Å². The van der Waals surface area contributed by atoms with E-state index in [0.717, 1.165) is 0 Å².